The van der Waals surface area contributed by atoms with E-state index in [9.17, 15) is 14.4 Å². The highest BCUT2D eigenvalue weighted by atomic mass is 16.6. The van der Waals surface area contributed by atoms with Crippen molar-refractivity contribution in [1.29, 1.82) is 0 Å². The normalized spacial score (nSPS) is 27.3. The number of amides is 4. The smallest absolute Gasteiger partial charge is 0.325 e. The quantitative estimate of drug-likeness (QED) is 0.753. The summed E-state index contributed by atoms with van der Waals surface area (Å²) in [4.78, 5) is 37.8. The zero-order valence-corrected chi connectivity index (χ0v) is 14.5. The minimum Gasteiger partial charge on any atom is -0.486 e. The van der Waals surface area contributed by atoms with E-state index < -0.39 is 17.5 Å². The van der Waals surface area contributed by atoms with Crippen LogP contribution in [0.25, 0.3) is 0 Å². The van der Waals surface area contributed by atoms with Gasteiger partial charge >= 0.3 is 6.03 Å². The first-order chi connectivity index (χ1) is 12.5. The molecule has 0 spiro atoms. The molecule has 2 N–H and O–H groups in total. The van der Waals surface area contributed by atoms with Gasteiger partial charge in [0.1, 0.15) is 24.8 Å². The van der Waals surface area contributed by atoms with Crippen LogP contribution in [0.3, 0.4) is 0 Å². The Kier molecular flexibility index (Phi) is 3.97. The third-order valence-electron chi connectivity index (χ3n) is 5.09. The number of para-hydroxylation sites is 2. The maximum absolute atomic E-state index is 12.5. The van der Waals surface area contributed by atoms with Gasteiger partial charge < -0.3 is 20.1 Å². The molecule has 2 aliphatic heterocycles. The Morgan fingerprint density at radius 3 is 2.77 bits per heavy atom. The van der Waals surface area contributed by atoms with Gasteiger partial charge in [0.25, 0.3) is 5.91 Å². The maximum atomic E-state index is 12.5. The topological polar surface area (TPSA) is 97.0 Å². The van der Waals surface area contributed by atoms with Gasteiger partial charge in [-0.25, -0.2) is 4.79 Å². The van der Waals surface area contributed by atoms with Crippen molar-refractivity contribution in [3.8, 4) is 11.5 Å². The third kappa shape index (κ3) is 2.95. The van der Waals surface area contributed by atoms with E-state index >= 15 is 0 Å². The van der Waals surface area contributed by atoms with Crippen LogP contribution in [-0.4, -0.2) is 54.1 Å². The fourth-order valence-corrected chi connectivity index (χ4v) is 3.39. The van der Waals surface area contributed by atoms with Crippen LogP contribution < -0.4 is 20.1 Å². The molecule has 2 fully saturated rings. The maximum Gasteiger partial charge on any atom is 0.325 e. The summed E-state index contributed by atoms with van der Waals surface area (Å²) in [5, 5.41) is 5.43. The molecule has 1 aromatic rings. The predicted octanol–water partition coefficient (Wildman–Crippen LogP) is 0.663. The van der Waals surface area contributed by atoms with Gasteiger partial charge in [-0.1, -0.05) is 12.1 Å². The molecule has 138 valence electrons. The molecule has 4 amide bonds. The van der Waals surface area contributed by atoms with Crippen LogP contribution >= 0.6 is 0 Å². The summed E-state index contributed by atoms with van der Waals surface area (Å²) in [5.41, 5.74) is -0.874. The van der Waals surface area contributed by atoms with Gasteiger partial charge in [-0.2, -0.15) is 0 Å². The molecule has 1 aliphatic carbocycles. The number of carbonyl (C=O) groups is 3. The molecule has 1 aromatic carbocycles. The summed E-state index contributed by atoms with van der Waals surface area (Å²) < 4.78 is 11.4. The lowest BCUT2D eigenvalue weighted by molar-refractivity contribution is -0.135. The fraction of sp³-hybridized carbons (Fsp3) is 0.500. The molecule has 3 aliphatic rings. The summed E-state index contributed by atoms with van der Waals surface area (Å²) in [7, 11) is 0. The summed E-state index contributed by atoms with van der Waals surface area (Å²) >= 11 is 0. The summed E-state index contributed by atoms with van der Waals surface area (Å²) in [6.45, 7) is 1.99. The van der Waals surface area contributed by atoms with Gasteiger partial charge in [0.2, 0.25) is 5.91 Å². The van der Waals surface area contributed by atoms with Crippen LogP contribution in [0.5, 0.6) is 11.5 Å². The van der Waals surface area contributed by atoms with E-state index in [0.717, 1.165) is 17.7 Å². The number of rotatable bonds is 5. The summed E-state index contributed by atoms with van der Waals surface area (Å²) in [5.74, 6) is 0.739. The van der Waals surface area contributed by atoms with Crippen molar-refractivity contribution in [3.63, 3.8) is 0 Å². The van der Waals surface area contributed by atoms with Crippen molar-refractivity contribution in [2.45, 2.75) is 31.4 Å². The van der Waals surface area contributed by atoms with Crippen molar-refractivity contribution in [1.82, 2.24) is 15.5 Å². The van der Waals surface area contributed by atoms with Crippen LogP contribution in [-0.2, 0) is 9.59 Å². The van der Waals surface area contributed by atoms with E-state index in [1.165, 1.54) is 0 Å². The number of ether oxygens (including phenoxy) is 2. The molecular weight excluding hydrogens is 338 g/mol. The van der Waals surface area contributed by atoms with Crippen LogP contribution in [0.1, 0.15) is 19.8 Å². The fourth-order valence-electron chi connectivity index (χ4n) is 3.39. The molecule has 8 heteroatoms. The zero-order chi connectivity index (χ0) is 18.3. The predicted molar refractivity (Wildman–Crippen MR) is 90.7 cm³/mol. The lowest BCUT2D eigenvalue weighted by atomic mass is 9.96. The Hall–Kier alpha value is -2.77. The van der Waals surface area contributed by atoms with Crippen molar-refractivity contribution < 1.29 is 23.9 Å². The van der Waals surface area contributed by atoms with Crippen molar-refractivity contribution in [2.75, 3.05) is 19.7 Å². The average Bonchev–Trinajstić information content (AvgIpc) is 3.46. The molecule has 0 radical (unpaired) electrons. The van der Waals surface area contributed by atoms with Crippen LogP contribution in [0.4, 0.5) is 4.79 Å². The van der Waals surface area contributed by atoms with E-state index in [0.29, 0.717) is 18.1 Å². The second-order valence-corrected chi connectivity index (χ2v) is 7.10. The summed E-state index contributed by atoms with van der Waals surface area (Å²) in [6.07, 6.45) is 1.51. The molecule has 1 saturated heterocycles. The SMILES string of the molecule is C[C@]1(C2CC2)NC(=O)N(CC(=O)NC[C@H]2COc3ccccc3O2)C1=O. The number of carbonyl (C=O) groups excluding carboxylic acids is 3. The average molecular weight is 359 g/mol. The van der Waals surface area contributed by atoms with Gasteiger partial charge in [-0.15, -0.1) is 0 Å². The number of benzene rings is 1. The molecule has 0 bridgehead atoms. The zero-order valence-electron chi connectivity index (χ0n) is 14.5. The van der Waals surface area contributed by atoms with E-state index in [4.69, 9.17) is 9.47 Å². The van der Waals surface area contributed by atoms with Crippen molar-refractivity contribution in [2.24, 2.45) is 5.92 Å². The number of hydrogen-bond donors (Lipinski definition) is 2. The first-order valence-electron chi connectivity index (χ1n) is 8.76. The molecule has 2 atom stereocenters. The molecular formula is C18H21N3O5. The third-order valence-corrected chi connectivity index (χ3v) is 5.09. The Morgan fingerprint density at radius 1 is 1.31 bits per heavy atom. The van der Waals surface area contributed by atoms with E-state index in [1.807, 2.05) is 18.2 Å². The Balaban J connectivity index is 1.30. The number of imide groups is 1. The number of hydrogen-bond acceptors (Lipinski definition) is 5. The van der Waals surface area contributed by atoms with Crippen LogP contribution in [0.2, 0.25) is 0 Å². The van der Waals surface area contributed by atoms with E-state index in [1.54, 1.807) is 13.0 Å². The molecule has 1 saturated carbocycles. The number of urea groups is 1. The first kappa shape index (κ1) is 16.7. The lowest BCUT2D eigenvalue weighted by Gasteiger charge is -2.26. The molecule has 2 heterocycles. The molecule has 4 rings (SSSR count). The second-order valence-electron chi connectivity index (χ2n) is 7.10. The van der Waals surface area contributed by atoms with Crippen LogP contribution in [0.15, 0.2) is 24.3 Å². The summed E-state index contributed by atoms with van der Waals surface area (Å²) in [6, 6.07) is 6.81. The monoisotopic (exact) mass is 359 g/mol. The number of nitrogens with zero attached hydrogens (tertiary/aromatic N) is 1. The van der Waals surface area contributed by atoms with Crippen molar-refractivity contribution >= 4 is 17.8 Å². The Bertz CT molecular complexity index is 763. The minimum atomic E-state index is -0.874. The molecule has 26 heavy (non-hydrogen) atoms. The lowest BCUT2D eigenvalue weighted by Crippen LogP contribution is -2.48. The standard InChI is InChI=1S/C18H21N3O5/c1-18(11-6-7-11)16(23)21(17(24)20-18)9-15(22)19-8-12-10-25-13-4-2-3-5-14(13)26-12/h2-5,11-12H,6-10H2,1H3,(H,19,22)(H,20,24)/t12-,18+/m0/s1. The number of nitrogens with one attached hydrogen (secondary N) is 2. The highest BCUT2D eigenvalue weighted by Crippen LogP contribution is 2.42. The van der Waals surface area contributed by atoms with Gasteiger partial charge in [0.05, 0.1) is 6.54 Å². The highest BCUT2D eigenvalue weighted by Gasteiger charge is 2.56. The molecule has 0 aromatic heterocycles. The molecule has 0 unspecified atom stereocenters. The highest BCUT2D eigenvalue weighted by molar-refractivity contribution is 6.09. The van der Waals surface area contributed by atoms with Gasteiger partial charge in [0.15, 0.2) is 11.5 Å². The van der Waals surface area contributed by atoms with E-state index in [-0.39, 0.29) is 31.0 Å². The van der Waals surface area contributed by atoms with Gasteiger partial charge in [-0.05, 0) is 37.8 Å². The molecule has 8 nitrogen and oxygen atoms in total. The van der Waals surface area contributed by atoms with Crippen LogP contribution in [0, 0.1) is 5.92 Å². The second kappa shape index (κ2) is 6.19. The first-order valence-corrected chi connectivity index (χ1v) is 8.76. The van der Waals surface area contributed by atoms with Crippen molar-refractivity contribution in [3.05, 3.63) is 24.3 Å². The minimum absolute atomic E-state index is 0.167. The largest absolute Gasteiger partial charge is 0.486 e. The number of fused-ring (bicyclic) bond motifs is 1. The Labute approximate surface area is 150 Å². The van der Waals surface area contributed by atoms with Gasteiger partial charge in [-0.3, -0.25) is 14.5 Å². The van der Waals surface area contributed by atoms with Gasteiger partial charge in [0, 0.05) is 0 Å². The Morgan fingerprint density at radius 2 is 2.04 bits per heavy atom. The van der Waals surface area contributed by atoms with E-state index in [2.05, 4.69) is 10.6 Å².